The number of hydrogen-bond donors (Lipinski definition) is 1. The highest BCUT2D eigenvalue weighted by Crippen LogP contribution is 2.03. The van der Waals surface area contributed by atoms with Crippen molar-refractivity contribution in [3.63, 3.8) is 0 Å². The van der Waals surface area contributed by atoms with Crippen LogP contribution in [0, 0.1) is 6.92 Å². The van der Waals surface area contributed by atoms with Gasteiger partial charge in [-0.1, -0.05) is 12.1 Å². The first kappa shape index (κ1) is 9.65. The summed E-state index contributed by atoms with van der Waals surface area (Å²) >= 11 is 0. The number of nitrogens with zero attached hydrogens (tertiary/aromatic N) is 2. The third kappa shape index (κ3) is 2.77. The molecule has 15 heavy (non-hydrogen) atoms. The minimum Gasteiger partial charge on any atom is -0.364 e. The monoisotopic (exact) mass is 199 g/mol. The van der Waals surface area contributed by atoms with Crippen molar-refractivity contribution < 1.29 is 0 Å². The Morgan fingerprint density at radius 1 is 1.13 bits per heavy atom. The van der Waals surface area contributed by atoms with Crippen LogP contribution in [-0.2, 0) is 6.54 Å². The van der Waals surface area contributed by atoms with Crippen LogP contribution >= 0.6 is 0 Å². The van der Waals surface area contributed by atoms with Crippen LogP contribution in [0.2, 0.25) is 0 Å². The number of hydrogen-bond acceptors (Lipinski definition) is 3. The van der Waals surface area contributed by atoms with Gasteiger partial charge >= 0.3 is 0 Å². The number of rotatable bonds is 3. The van der Waals surface area contributed by atoms with Gasteiger partial charge in [-0.25, -0.2) is 4.98 Å². The molecule has 2 rings (SSSR count). The Morgan fingerprint density at radius 2 is 2.07 bits per heavy atom. The molecule has 2 aromatic rings. The summed E-state index contributed by atoms with van der Waals surface area (Å²) in [5.41, 5.74) is 2.20. The van der Waals surface area contributed by atoms with E-state index in [1.807, 2.05) is 37.4 Å². The molecule has 0 atom stereocenters. The summed E-state index contributed by atoms with van der Waals surface area (Å²) < 4.78 is 0. The second-order valence-corrected chi connectivity index (χ2v) is 3.40. The minimum absolute atomic E-state index is 0.706. The predicted octanol–water partition coefficient (Wildman–Crippen LogP) is 2.40. The molecule has 0 aliphatic heterocycles. The van der Waals surface area contributed by atoms with E-state index in [1.165, 1.54) is 5.56 Å². The zero-order chi connectivity index (χ0) is 10.5. The van der Waals surface area contributed by atoms with Crippen molar-refractivity contribution >= 4 is 5.82 Å². The predicted molar refractivity (Wildman–Crippen MR) is 60.5 cm³/mol. The van der Waals surface area contributed by atoms with Crippen molar-refractivity contribution in [3.05, 3.63) is 54.0 Å². The van der Waals surface area contributed by atoms with Crippen LogP contribution < -0.4 is 5.32 Å². The zero-order valence-corrected chi connectivity index (χ0v) is 8.64. The fraction of sp³-hybridized carbons (Fsp3) is 0.167. The number of pyridine rings is 2. The van der Waals surface area contributed by atoms with Crippen molar-refractivity contribution in [3.8, 4) is 0 Å². The molecule has 0 aliphatic carbocycles. The maximum absolute atomic E-state index is 4.30. The van der Waals surface area contributed by atoms with E-state index >= 15 is 0 Å². The van der Waals surface area contributed by atoms with E-state index in [0.717, 1.165) is 11.5 Å². The van der Waals surface area contributed by atoms with Crippen molar-refractivity contribution in [2.24, 2.45) is 0 Å². The molecule has 0 aliphatic rings. The lowest BCUT2D eigenvalue weighted by molar-refractivity contribution is 1.02. The van der Waals surface area contributed by atoms with E-state index in [-0.39, 0.29) is 0 Å². The second-order valence-electron chi connectivity index (χ2n) is 3.40. The summed E-state index contributed by atoms with van der Waals surface area (Å²) in [5, 5.41) is 3.21. The zero-order valence-electron chi connectivity index (χ0n) is 8.64. The van der Waals surface area contributed by atoms with Crippen LogP contribution in [0.4, 0.5) is 5.82 Å². The number of nitrogens with one attached hydrogen (secondary N) is 1. The molecule has 2 heterocycles. The molecule has 0 aromatic carbocycles. The molecule has 2 aromatic heterocycles. The lowest BCUT2D eigenvalue weighted by Crippen LogP contribution is -2.02. The first-order chi connectivity index (χ1) is 7.34. The van der Waals surface area contributed by atoms with Gasteiger partial charge in [-0.15, -0.1) is 0 Å². The van der Waals surface area contributed by atoms with Crippen LogP contribution in [0.15, 0.2) is 42.7 Å². The van der Waals surface area contributed by atoms with Crippen LogP contribution in [0.1, 0.15) is 11.3 Å². The first-order valence-electron chi connectivity index (χ1n) is 4.91. The maximum Gasteiger partial charge on any atom is 0.126 e. The number of aryl methyl sites for hydroxylation is 1. The molecule has 76 valence electrons. The molecular formula is C12H13N3. The molecule has 0 unspecified atom stereocenters. The normalized spacial score (nSPS) is 9.93. The highest BCUT2D eigenvalue weighted by atomic mass is 15.0. The molecule has 0 radical (unpaired) electrons. The number of aromatic nitrogens is 2. The Morgan fingerprint density at radius 3 is 2.73 bits per heavy atom. The van der Waals surface area contributed by atoms with E-state index in [4.69, 9.17) is 0 Å². The molecule has 3 heteroatoms. The van der Waals surface area contributed by atoms with E-state index in [0.29, 0.717) is 6.54 Å². The molecule has 0 saturated heterocycles. The van der Waals surface area contributed by atoms with Crippen molar-refractivity contribution in [2.45, 2.75) is 13.5 Å². The third-order valence-corrected chi connectivity index (χ3v) is 2.09. The van der Waals surface area contributed by atoms with Crippen molar-refractivity contribution in [2.75, 3.05) is 5.32 Å². The highest BCUT2D eigenvalue weighted by Gasteiger charge is 1.94. The van der Waals surface area contributed by atoms with Crippen LogP contribution in [0.5, 0.6) is 0 Å². The Bertz CT molecular complexity index is 409. The fourth-order valence-corrected chi connectivity index (χ4v) is 1.25. The molecule has 3 nitrogen and oxygen atoms in total. The summed E-state index contributed by atoms with van der Waals surface area (Å²) in [7, 11) is 0. The van der Waals surface area contributed by atoms with Crippen molar-refractivity contribution in [1.82, 2.24) is 9.97 Å². The summed E-state index contributed by atoms with van der Waals surface area (Å²) in [6, 6.07) is 9.87. The van der Waals surface area contributed by atoms with Gasteiger partial charge < -0.3 is 5.32 Å². The Hall–Kier alpha value is -1.90. The molecule has 0 spiro atoms. The Kier molecular flexibility index (Phi) is 2.93. The largest absolute Gasteiger partial charge is 0.364 e. The SMILES string of the molecule is Cc1ccc(CNc2ccccn2)nc1. The third-order valence-electron chi connectivity index (χ3n) is 2.09. The summed E-state index contributed by atoms with van der Waals surface area (Å²) in [5.74, 6) is 0.875. The van der Waals surface area contributed by atoms with Gasteiger partial charge in [0.15, 0.2) is 0 Å². The average molecular weight is 199 g/mol. The van der Waals surface area contributed by atoms with E-state index < -0.39 is 0 Å². The van der Waals surface area contributed by atoms with Gasteiger partial charge in [0, 0.05) is 12.4 Å². The van der Waals surface area contributed by atoms with Gasteiger partial charge in [-0.2, -0.15) is 0 Å². The highest BCUT2D eigenvalue weighted by molar-refractivity contribution is 5.33. The summed E-state index contributed by atoms with van der Waals surface area (Å²) in [4.78, 5) is 8.48. The topological polar surface area (TPSA) is 37.8 Å². The smallest absolute Gasteiger partial charge is 0.126 e. The van der Waals surface area contributed by atoms with Gasteiger partial charge in [0.25, 0.3) is 0 Å². The van der Waals surface area contributed by atoms with E-state index in [9.17, 15) is 0 Å². The molecule has 0 fully saturated rings. The fourth-order valence-electron chi connectivity index (χ4n) is 1.25. The first-order valence-corrected chi connectivity index (χ1v) is 4.91. The van der Waals surface area contributed by atoms with Gasteiger partial charge in [-0.3, -0.25) is 4.98 Å². The van der Waals surface area contributed by atoms with E-state index in [1.54, 1.807) is 6.20 Å². The standard InChI is InChI=1S/C12H13N3/c1-10-5-6-11(14-8-10)9-15-12-4-2-3-7-13-12/h2-8H,9H2,1H3,(H,13,15). The average Bonchev–Trinajstić information content (AvgIpc) is 2.30. The molecule has 0 saturated carbocycles. The summed E-state index contributed by atoms with van der Waals surface area (Å²) in [6.07, 6.45) is 3.64. The minimum atomic E-state index is 0.706. The lowest BCUT2D eigenvalue weighted by atomic mass is 10.3. The maximum atomic E-state index is 4.30. The van der Waals surface area contributed by atoms with Gasteiger partial charge in [0.2, 0.25) is 0 Å². The lowest BCUT2D eigenvalue weighted by Gasteiger charge is -2.04. The van der Waals surface area contributed by atoms with Crippen LogP contribution in [0.3, 0.4) is 0 Å². The molecular weight excluding hydrogens is 186 g/mol. The Labute approximate surface area is 89.2 Å². The second kappa shape index (κ2) is 4.55. The van der Waals surface area contributed by atoms with Gasteiger partial charge in [0.1, 0.15) is 5.82 Å². The Balaban J connectivity index is 1.96. The van der Waals surface area contributed by atoms with E-state index in [2.05, 4.69) is 21.4 Å². The van der Waals surface area contributed by atoms with Crippen molar-refractivity contribution in [1.29, 1.82) is 0 Å². The van der Waals surface area contributed by atoms with Gasteiger partial charge in [0.05, 0.1) is 12.2 Å². The molecule has 0 bridgehead atoms. The number of anilines is 1. The molecule has 0 amide bonds. The van der Waals surface area contributed by atoms with Crippen LogP contribution in [0.25, 0.3) is 0 Å². The summed E-state index contributed by atoms with van der Waals surface area (Å²) in [6.45, 7) is 2.74. The van der Waals surface area contributed by atoms with Crippen LogP contribution in [-0.4, -0.2) is 9.97 Å². The quantitative estimate of drug-likeness (QED) is 0.824. The molecule has 1 N–H and O–H groups in total. The van der Waals surface area contributed by atoms with Gasteiger partial charge in [-0.05, 0) is 30.7 Å².